The number of likely N-dealkylation sites (N-methyl/N-ethyl adjacent to an activating group) is 1. The first-order valence-electron chi connectivity index (χ1n) is 9.43. The summed E-state index contributed by atoms with van der Waals surface area (Å²) in [5.41, 5.74) is 3.06. The van der Waals surface area contributed by atoms with E-state index in [2.05, 4.69) is 6.92 Å². The van der Waals surface area contributed by atoms with Crippen LogP contribution < -0.4 is 4.74 Å². The van der Waals surface area contributed by atoms with Gasteiger partial charge in [-0.25, -0.2) is 4.98 Å². The van der Waals surface area contributed by atoms with Crippen LogP contribution in [-0.4, -0.2) is 41.1 Å². The van der Waals surface area contributed by atoms with E-state index >= 15 is 0 Å². The number of benzene rings is 2. The van der Waals surface area contributed by atoms with Crippen molar-refractivity contribution in [3.63, 3.8) is 0 Å². The number of aromatic nitrogens is 2. The molecule has 142 valence electrons. The van der Waals surface area contributed by atoms with Gasteiger partial charge in [0.1, 0.15) is 18.1 Å². The summed E-state index contributed by atoms with van der Waals surface area (Å²) in [4.78, 5) is 19.3. The van der Waals surface area contributed by atoms with Crippen molar-refractivity contribution in [3.8, 4) is 5.75 Å². The summed E-state index contributed by atoms with van der Waals surface area (Å²) in [5.74, 6) is 1.85. The Morgan fingerprint density at radius 2 is 1.89 bits per heavy atom. The second kappa shape index (κ2) is 8.71. The fraction of sp³-hybridized carbons (Fsp3) is 0.364. The average molecular weight is 365 g/mol. The van der Waals surface area contributed by atoms with Gasteiger partial charge in [-0.15, -0.1) is 0 Å². The lowest BCUT2D eigenvalue weighted by atomic mass is 10.1. The summed E-state index contributed by atoms with van der Waals surface area (Å²) in [6, 6.07) is 16.0. The van der Waals surface area contributed by atoms with Crippen molar-refractivity contribution in [1.82, 2.24) is 14.5 Å². The molecular weight excluding hydrogens is 338 g/mol. The summed E-state index contributed by atoms with van der Waals surface area (Å²) < 4.78 is 7.28. The molecule has 0 radical (unpaired) electrons. The molecule has 3 rings (SSSR count). The van der Waals surface area contributed by atoms with Crippen LogP contribution in [-0.2, 0) is 17.8 Å². The minimum atomic E-state index is 0.114. The van der Waals surface area contributed by atoms with Gasteiger partial charge < -0.3 is 14.2 Å². The summed E-state index contributed by atoms with van der Waals surface area (Å²) in [6.07, 6.45) is 2.77. The molecule has 0 unspecified atom stereocenters. The van der Waals surface area contributed by atoms with E-state index in [0.717, 1.165) is 47.6 Å². The maximum absolute atomic E-state index is 12.7. The highest BCUT2D eigenvalue weighted by atomic mass is 16.5. The molecule has 0 saturated heterocycles. The molecule has 0 aliphatic rings. The zero-order valence-corrected chi connectivity index (χ0v) is 16.3. The number of unbranched alkanes of at least 4 members (excludes halogenated alkanes) is 1. The highest BCUT2D eigenvalue weighted by molar-refractivity contribution is 5.81. The molecule has 2 aromatic carbocycles. The third-order valence-corrected chi connectivity index (χ3v) is 4.82. The SMILES string of the molecule is CCCCN(C)C(=O)Cn1c(Cc2ccc(OC)cc2)nc2ccccc21. The van der Waals surface area contributed by atoms with Crippen molar-refractivity contribution in [2.24, 2.45) is 0 Å². The van der Waals surface area contributed by atoms with Gasteiger partial charge in [0.25, 0.3) is 0 Å². The van der Waals surface area contributed by atoms with Gasteiger partial charge in [-0.1, -0.05) is 37.6 Å². The van der Waals surface area contributed by atoms with Crippen LogP contribution in [0.2, 0.25) is 0 Å². The first-order valence-corrected chi connectivity index (χ1v) is 9.43. The Morgan fingerprint density at radius 1 is 1.15 bits per heavy atom. The molecule has 27 heavy (non-hydrogen) atoms. The molecule has 0 atom stereocenters. The smallest absolute Gasteiger partial charge is 0.242 e. The fourth-order valence-electron chi connectivity index (χ4n) is 3.14. The third-order valence-electron chi connectivity index (χ3n) is 4.82. The third kappa shape index (κ3) is 4.48. The van der Waals surface area contributed by atoms with E-state index in [1.807, 2.05) is 65.0 Å². The van der Waals surface area contributed by atoms with Crippen molar-refractivity contribution >= 4 is 16.9 Å². The summed E-state index contributed by atoms with van der Waals surface area (Å²) in [6.45, 7) is 3.23. The zero-order valence-electron chi connectivity index (χ0n) is 16.3. The largest absolute Gasteiger partial charge is 0.497 e. The van der Waals surface area contributed by atoms with E-state index in [1.54, 1.807) is 7.11 Å². The predicted molar refractivity (Wildman–Crippen MR) is 108 cm³/mol. The maximum Gasteiger partial charge on any atom is 0.242 e. The Bertz CT molecular complexity index is 900. The maximum atomic E-state index is 12.7. The standard InChI is InChI=1S/C22H27N3O2/c1-4-5-14-24(2)22(26)16-25-20-9-7-6-8-19(20)23-21(25)15-17-10-12-18(27-3)13-11-17/h6-13H,4-5,14-16H2,1-3H3. The first-order chi connectivity index (χ1) is 13.1. The van der Waals surface area contributed by atoms with E-state index < -0.39 is 0 Å². The van der Waals surface area contributed by atoms with Crippen LogP contribution in [0.3, 0.4) is 0 Å². The zero-order chi connectivity index (χ0) is 19.2. The number of ether oxygens (including phenoxy) is 1. The molecule has 1 heterocycles. The summed E-state index contributed by atoms with van der Waals surface area (Å²) >= 11 is 0. The number of amides is 1. The molecule has 0 aliphatic heterocycles. The lowest BCUT2D eigenvalue weighted by Gasteiger charge is -2.18. The van der Waals surface area contributed by atoms with Gasteiger partial charge in [0.05, 0.1) is 18.1 Å². The van der Waals surface area contributed by atoms with Crippen molar-refractivity contribution in [3.05, 3.63) is 59.9 Å². The minimum absolute atomic E-state index is 0.114. The predicted octanol–water partition coefficient (Wildman–Crippen LogP) is 3.89. The number of rotatable bonds is 8. The Morgan fingerprint density at radius 3 is 2.59 bits per heavy atom. The number of carbonyl (C=O) groups is 1. The monoisotopic (exact) mass is 365 g/mol. The van der Waals surface area contributed by atoms with Crippen LogP contribution in [0.5, 0.6) is 5.75 Å². The van der Waals surface area contributed by atoms with Gasteiger partial charge in [-0.3, -0.25) is 4.79 Å². The molecule has 0 N–H and O–H groups in total. The Balaban J connectivity index is 1.87. The molecule has 0 aliphatic carbocycles. The number of para-hydroxylation sites is 2. The van der Waals surface area contributed by atoms with Gasteiger partial charge in [0, 0.05) is 20.0 Å². The van der Waals surface area contributed by atoms with Crippen LogP contribution >= 0.6 is 0 Å². The average Bonchev–Trinajstić information content (AvgIpc) is 3.03. The van der Waals surface area contributed by atoms with E-state index in [1.165, 1.54) is 0 Å². The second-order valence-corrected chi connectivity index (χ2v) is 6.80. The van der Waals surface area contributed by atoms with E-state index in [9.17, 15) is 4.79 Å². The number of methoxy groups -OCH3 is 1. The first kappa shape index (κ1) is 19.0. The molecular formula is C22H27N3O2. The van der Waals surface area contributed by atoms with Crippen LogP contribution in [0.25, 0.3) is 11.0 Å². The molecule has 5 heteroatoms. The normalized spacial score (nSPS) is 10.9. The highest BCUT2D eigenvalue weighted by Gasteiger charge is 2.16. The number of carbonyl (C=O) groups excluding carboxylic acids is 1. The quantitative estimate of drug-likeness (QED) is 0.608. The van der Waals surface area contributed by atoms with Crippen molar-refractivity contribution in [1.29, 1.82) is 0 Å². The Labute approximate surface area is 160 Å². The van der Waals surface area contributed by atoms with Crippen molar-refractivity contribution in [2.75, 3.05) is 20.7 Å². The van der Waals surface area contributed by atoms with Crippen LogP contribution in [0.1, 0.15) is 31.2 Å². The number of hydrogen-bond acceptors (Lipinski definition) is 3. The summed E-state index contributed by atoms with van der Waals surface area (Å²) in [5, 5.41) is 0. The molecule has 0 saturated carbocycles. The van der Waals surface area contributed by atoms with Gasteiger partial charge >= 0.3 is 0 Å². The molecule has 0 bridgehead atoms. The van der Waals surface area contributed by atoms with Crippen LogP contribution in [0.4, 0.5) is 0 Å². The molecule has 1 aromatic heterocycles. The molecule has 1 amide bonds. The van der Waals surface area contributed by atoms with Gasteiger partial charge in [-0.2, -0.15) is 0 Å². The fourth-order valence-corrected chi connectivity index (χ4v) is 3.14. The Hall–Kier alpha value is -2.82. The molecule has 3 aromatic rings. The minimum Gasteiger partial charge on any atom is -0.497 e. The van der Waals surface area contributed by atoms with E-state index in [-0.39, 0.29) is 5.91 Å². The number of fused-ring (bicyclic) bond motifs is 1. The lowest BCUT2D eigenvalue weighted by molar-refractivity contribution is -0.130. The molecule has 0 spiro atoms. The topological polar surface area (TPSA) is 47.4 Å². The van der Waals surface area contributed by atoms with Crippen LogP contribution in [0.15, 0.2) is 48.5 Å². The van der Waals surface area contributed by atoms with Gasteiger partial charge in [-0.05, 0) is 36.2 Å². The Kier molecular flexibility index (Phi) is 6.12. The van der Waals surface area contributed by atoms with Gasteiger partial charge in [0.2, 0.25) is 5.91 Å². The van der Waals surface area contributed by atoms with Crippen LogP contribution in [0, 0.1) is 0 Å². The number of nitrogens with zero attached hydrogens (tertiary/aromatic N) is 3. The lowest BCUT2D eigenvalue weighted by Crippen LogP contribution is -2.31. The van der Waals surface area contributed by atoms with Crippen molar-refractivity contribution < 1.29 is 9.53 Å². The summed E-state index contributed by atoms with van der Waals surface area (Å²) in [7, 11) is 3.54. The molecule has 5 nitrogen and oxygen atoms in total. The van der Waals surface area contributed by atoms with Crippen molar-refractivity contribution in [2.45, 2.75) is 32.7 Å². The number of imidazole rings is 1. The van der Waals surface area contributed by atoms with E-state index in [0.29, 0.717) is 13.0 Å². The number of hydrogen-bond donors (Lipinski definition) is 0. The molecule has 0 fully saturated rings. The van der Waals surface area contributed by atoms with E-state index in [4.69, 9.17) is 9.72 Å². The van der Waals surface area contributed by atoms with Gasteiger partial charge in [0.15, 0.2) is 0 Å². The second-order valence-electron chi connectivity index (χ2n) is 6.80. The highest BCUT2D eigenvalue weighted by Crippen LogP contribution is 2.20.